The van der Waals surface area contributed by atoms with Crippen molar-refractivity contribution < 1.29 is 8.63 Å². The minimum absolute atomic E-state index is 0.599. The number of nitrogens with two attached hydrogens (primary N) is 1. The third-order valence-corrected chi connectivity index (χ3v) is 4.12. The number of nitrogen functional groups attached to an aromatic ring is 1. The van der Waals surface area contributed by atoms with Crippen LogP contribution in [0, 0.1) is 0 Å². The van der Waals surface area contributed by atoms with Gasteiger partial charge in [-0.25, -0.2) is 0 Å². The molecule has 90 valence electrons. The Morgan fingerprint density at radius 3 is 2.88 bits per heavy atom. The van der Waals surface area contributed by atoms with Gasteiger partial charge in [0.15, 0.2) is 5.58 Å². The van der Waals surface area contributed by atoms with Crippen LogP contribution in [0.15, 0.2) is 22.6 Å². The molecule has 0 atom stereocenters. The summed E-state index contributed by atoms with van der Waals surface area (Å²) in [5, 5.41) is 0. The van der Waals surface area contributed by atoms with Crippen molar-refractivity contribution in [2.24, 2.45) is 0 Å². The number of fused-ring (bicyclic) bond motifs is 1. The van der Waals surface area contributed by atoms with Crippen molar-refractivity contribution in [3.8, 4) is 0 Å². The van der Waals surface area contributed by atoms with Crippen molar-refractivity contribution >= 4 is 33.6 Å². The lowest BCUT2D eigenvalue weighted by Gasteiger charge is -2.24. The molecule has 1 aliphatic rings. The van der Waals surface area contributed by atoms with Gasteiger partial charge >= 0.3 is 0 Å². The van der Waals surface area contributed by atoms with Gasteiger partial charge in [-0.05, 0) is 18.2 Å². The van der Waals surface area contributed by atoms with Crippen LogP contribution in [-0.4, -0.2) is 33.8 Å². The van der Waals surface area contributed by atoms with Gasteiger partial charge in [0.1, 0.15) is 5.52 Å². The summed E-state index contributed by atoms with van der Waals surface area (Å²) in [6.45, 7) is 1.46. The van der Waals surface area contributed by atoms with Crippen LogP contribution < -0.4 is 10.6 Å². The highest BCUT2D eigenvalue weighted by molar-refractivity contribution is 7.85. The molecule has 0 bridgehead atoms. The molecule has 6 heteroatoms. The van der Waals surface area contributed by atoms with Crippen molar-refractivity contribution in [2.45, 2.75) is 0 Å². The van der Waals surface area contributed by atoms with Crippen LogP contribution in [0.4, 0.5) is 11.7 Å². The predicted molar refractivity (Wildman–Crippen MR) is 68.5 cm³/mol. The summed E-state index contributed by atoms with van der Waals surface area (Å²) in [5.74, 6) is 1.36. The van der Waals surface area contributed by atoms with Gasteiger partial charge in [-0.1, -0.05) is 0 Å². The van der Waals surface area contributed by atoms with E-state index in [1.807, 2.05) is 11.0 Å². The average Bonchev–Trinajstić information content (AvgIpc) is 2.72. The van der Waals surface area contributed by atoms with Crippen LogP contribution in [0.3, 0.4) is 0 Å². The third-order valence-electron chi connectivity index (χ3n) is 2.85. The summed E-state index contributed by atoms with van der Waals surface area (Å²) >= 11 is 0. The van der Waals surface area contributed by atoms with E-state index in [2.05, 4.69) is 4.98 Å². The fourth-order valence-corrected chi connectivity index (χ4v) is 2.95. The van der Waals surface area contributed by atoms with E-state index in [1.165, 1.54) is 0 Å². The number of rotatable bonds is 1. The molecule has 0 saturated carbocycles. The van der Waals surface area contributed by atoms with Crippen LogP contribution in [-0.2, 0) is 10.8 Å². The number of aromatic nitrogens is 1. The Morgan fingerprint density at radius 2 is 2.12 bits per heavy atom. The standard InChI is InChI=1S/C11H13N3O2S/c12-8-1-2-10-9(7-8)13-11(16-10)14-3-5-17(15)6-4-14/h1-2,7H,3-6,12H2. The molecule has 1 aromatic carbocycles. The molecule has 3 rings (SSSR count). The number of benzene rings is 1. The summed E-state index contributed by atoms with van der Waals surface area (Å²) in [5.41, 5.74) is 7.88. The lowest BCUT2D eigenvalue weighted by Crippen LogP contribution is -2.37. The van der Waals surface area contributed by atoms with E-state index in [0.29, 0.717) is 23.2 Å². The van der Waals surface area contributed by atoms with Crippen LogP contribution in [0.25, 0.3) is 11.1 Å². The number of hydrogen-bond acceptors (Lipinski definition) is 5. The monoisotopic (exact) mass is 251 g/mol. The van der Waals surface area contributed by atoms with Crippen molar-refractivity contribution in [1.82, 2.24) is 4.98 Å². The van der Waals surface area contributed by atoms with Gasteiger partial charge in [-0.2, -0.15) is 4.98 Å². The molecule has 2 aromatic rings. The van der Waals surface area contributed by atoms with E-state index in [-0.39, 0.29) is 0 Å². The van der Waals surface area contributed by atoms with Gasteiger partial charge in [0.25, 0.3) is 6.01 Å². The SMILES string of the molecule is Nc1ccc2oc(N3CCS(=O)CC3)nc2c1. The minimum Gasteiger partial charge on any atom is -0.423 e. The first kappa shape index (κ1) is 10.6. The molecule has 0 unspecified atom stereocenters. The van der Waals surface area contributed by atoms with Crippen LogP contribution in [0.1, 0.15) is 0 Å². The largest absolute Gasteiger partial charge is 0.423 e. The van der Waals surface area contributed by atoms with Gasteiger partial charge in [0.05, 0.1) is 0 Å². The molecular formula is C11H13N3O2S. The molecule has 2 heterocycles. The first-order valence-corrected chi connectivity index (χ1v) is 6.97. The highest BCUT2D eigenvalue weighted by Crippen LogP contribution is 2.24. The lowest BCUT2D eigenvalue weighted by molar-refractivity contribution is 0.572. The van der Waals surface area contributed by atoms with Crippen molar-refractivity contribution in [3.63, 3.8) is 0 Å². The molecule has 1 saturated heterocycles. The van der Waals surface area contributed by atoms with Gasteiger partial charge in [0, 0.05) is 41.1 Å². The topological polar surface area (TPSA) is 72.4 Å². The Kier molecular flexibility index (Phi) is 2.51. The zero-order valence-electron chi connectivity index (χ0n) is 9.26. The maximum Gasteiger partial charge on any atom is 0.298 e. The fourth-order valence-electron chi connectivity index (χ4n) is 1.90. The van der Waals surface area contributed by atoms with E-state index in [9.17, 15) is 4.21 Å². The van der Waals surface area contributed by atoms with E-state index in [1.54, 1.807) is 12.1 Å². The molecule has 0 aliphatic carbocycles. The zero-order valence-corrected chi connectivity index (χ0v) is 10.1. The third kappa shape index (κ3) is 2.00. The molecular weight excluding hydrogens is 238 g/mol. The summed E-state index contributed by atoms with van der Waals surface area (Å²) in [7, 11) is -0.687. The summed E-state index contributed by atoms with van der Waals surface area (Å²) in [4.78, 5) is 6.43. The summed E-state index contributed by atoms with van der Waals surface area (Å²) in [6, 6.07) is 6.01. The van der Waals surface area contributed by atoms with Crippen LogP contribution >= 0.6 is 0 Å². The average molecular weight is 251 g/mol. The van der Waals surface area contributed by atoms with Crippen molar-refractivity contribution in [3.05, 3.63) is 18.2 Å². The normalized spacial score (nSPS) is 17.8. The van der Waals surface area contributed by atoms with E-state index in [4.69, 9.17) is 10.2 Å². The van der Waals surface area contributed by atoms with Crippen molar-refractivity contribution in [1.29, 1.82) is 0 Å². The fraction of sp³-hybridized carbons (Fsp3) is 0.364. The van der Waals surface area contributed by atoms with E-state index in [0.717, 1.165) is 24.2 Å². The molecule has 5 nitrogen and oxygen atoms in total. The second-order valence-electron chi connectivity index (χ2n) is 4.06. The van der Waals surface area contributed by atoms with Crippen molar-refractivity contribution in [2.75, 3.05) is 35.2 Å². The number of anilines is 2. The lowest BCUT2D eigenvalue weighted by atomic mass is 10.3. The van der Waals surface area contributed by atoms with Gasteiger partial charge in [0.2, 0.25) is 0 Å². The first-order valence-electron chi connectivity index (χ1n) is 5.48. The van der Waals surface area contributed by atoms with E-state index < -0.39 is 10.8 Å². The Morgan fingerprint density at radius 1 is 1.35 bits per heavy atom. The zero-order chi connectivity index (χ0) is 11.8. The first-order chi connectivity index (χ1) is 8.22. The smallest absolute Gasteiger partial charge is 0.298 e. The summed E-state index contributed by atoms with van der Waals surface area (Å²) in [6.07, 6.45) is 0. The van der Waals surface area contributed by atoms with Gasteiger partial charge < -0.3 is 15.1 Å². The Bertz CT molecular complexity index is 571. The molecule has 1 aromatic heterocycles. The quantitative estimate of drug-likeness (QED) is 0.765. The molecule has 0 amide bonds. The van der Waals surface area contributed by atoms with E-state index >= 15 is 0 Å². The maximum atomic E-state index is 11.3. The highest BCUT2D eigenvalue weighted by atomic mass is 32.2. The van der Waals surface area contributed by atoms with Crippen LogP contribution in [0.5, 0.6) is 0 Å². The molecule has 0 spiro atoms. The Labute approximate surface area is 101 Å². The summed E-state index contributed by atoms with van der Waals surface area (Å²) < 4.78 is 16.9. The Hall–Kier alpha value is -1.56. The second kappa shape index (κ2) is 4.03. The second-order valence-corrected chi connectivity index (χ2v) is 5.75. The molecule has 0 radical (unpaired) electrons. The molecule has 2 N–H and O–H groups in total. The molecule has 17 heavy (non-hydrogen) atoms. The Balaban J connectivity index is 1.92. The number of oxazole rings is 1. The number of hydrogen-bond donors (Lipinski definition) is 1. The number of nitrogens with zero attached hydrogens (tertiary/aromatic N) is 2. The van der Waals surface area contributed by atoms with Crippen LogP contribution in [0.2, 0.25) is 0 Å². The minimum atomic E-state index is -0.687. The van der Waals surface area contributed by atoms with Gasteiger partial charge in [-0.15, -0.1) is 0 Å². The molecule has 1 aliphatic heterocycles. The van der Waals surface area contributed by atoms with Gasteiger partial charge in [-0.3, -0.25) is 4.21 Å². The maximum absolute atomic E-state index is 11.3. The highest BCUT2D eigenvalue weighted by Gasteiger charge is 2.19. The predicted octanol–water partition coefficient (Wildman–Crippen LogP) is 0.979. The molecule has 1 fully saturated rings.